The Kier molecular flexibility index (Phi) is 5.25. The molecule has 17 heavy (non-hydrogen) atoms. The van der Waals surface area contributed by atoms with Crippen LogP contribution in [0.25, 0.3) is 0 Å². The van der Waals surface area contributed by atoms with Crippen molar-refractivity contribution in [3.8, 4) is 0 Å². The van der Waals surface area contributed by atoms with Crippen LogP contribution >= 0.6 is 0 Å². The number of carbonyl (C=O) groups is 3. The van der Waals surface area contributed by atoms with Gasteiger partial charge in [-0.2, -0.15) is 0 Å². The summed E-state index contributed by atoms with van der Waals surface area (Å²) in [6.07, 6.45) is 1.22. The van der Waals surface area contributed by atoms with Gasteiger partial charge in [0, 0.05) is 19.0 Å². The summed E-state index contributed by atoms with van der Waals surface area (Å²) in [5.41, 5.74) is 0. The predicted molar refractivity (Wildman–Crippen MR) is 59.2 cm³/mol. The van der Waals surface area contributed by atoms with E-state index in [0.29, 0.717) is 13.0 Å². The maximum Gasteiger partial charge on any atom is 0.325 e. The molecule has 96 valence electrons. The maximum atomic E-state index is 11.2. The van der Waals surface area contributed by atoms with Gasteiger partial charge >= 0.3 is 12.0 Å². The molecule has 0 spiro atoms. The quantitative estimate of drug-likeness (QED) is 0.547. The first-order valence-electron chi connectivity index (χ1n) is 5.58. The van der Waals surface area contributed by atoms with Gasteiger partial charge in [-0.25, -0.2) is 4.79 Å². The Hall–Kier alpha value is -1.79. The molecule has 7 nitrogen and oxygen atoms in total. The van der Waals surface area contributed by atoms with Gasteiger partial charge in [-0.3, -0.25) is 9.59 Å². The average Bonchev–Trinajstić information content (AvgIpc) is 2.70. The fourth-order valence-electron chi connectivity index (χ4n) is 1.47. The molecule has 0 aromatic heterocycles. The Bertz CT molecular complexity index is 306. The Morgan fingerprint density at radius 2 is 2.24 bits per heavy atom. The van der Waals surface area contributed by atoms with E-state index >= 15 is 0 Å². The summed E-state index contributed by atoms with van der Waals surface area (Å²) in [5, 5.41) is 7.66. The molecule has 1 atom stereocenters. The van der Waals surface area contributed by atoms with Crippen LogP contribution in [0.1, 0.15) is 19.8 Å². The lowest BCUT2D eigenvalue weighted by atomic mass is 10.2. The van der Waals surface area contributed by atoms with Crippen LogP contribution in [0.3, 0.4) is 0 Å². The van der Waals surface area contributed by atoms with Gasteiger partial charge < -0.3 is 20.7 Å². The van der Waals surface area contributed by atoms with Crippen molar-refractivity contribution < 1.29 is 19.1 Å². The van der Waals surface area contributed by atoms with Crippen molar-refractivity contribution in [2.24, 2.45) is 0 Å². The number of esters is 1. The lowest BCUT2D eigenvalue weighted by Crippen LogP contribution is -2.44. The highest BCUT2D eigenvalue weighted by Crippen LogP contribution is 2.04. The first-order chi connectivity index (χ1) is 8.11. The summed E-state index contributed by atoms with van der Waals surface area (Å²) < 4.78 is 4.65. The van der Waals surface area contributed by atoms with Crippen molar-refractivity contribution >= 4 is 17.9 Å². The summed E-state index contributed by atoms with van der Waals surface area (Å²) in [6, 6.07) is -0.463. The molecular weight excluding hydrogens is 226 g/mol. The highest BCUT2D eigenvalue weighted by Gasteiger charge is 2.20. The molecule has 0 bridgehead atoms. The van der Waals surface area contributed by atoms with E-state index in [2.05, 4.69) is 20.7 Å². The fraction of sp³-hybridized carbons (Fsp3) is 0.700. The van der Waals surface area contributed by atoms with E-state index in [1.807, 2.05) is 0 Å². The fourth-order valence-corrected chi connectivity index (χ4v) is 1.47. The molecule has 0 aliphatic carbocycles. The lowest BCUT2D eigenvalue weighted by Gasteiger charge is -2.11. The maximum absolute atomic E-state index is 11.2. The summed E-state index contributed by atoms with van der Waals surface area (Å²) in [4.78, 5) is 33.1. The molecule has 1 heterocycles. The molecule has 1 aliphatic rings. The molecule has 1 aliphatic heterocycles. The second kappa shape index (κ2) is 6.72. The third kappa shape index (κ3) is 5.19. The Balaban J connectivity index is 2.09. The van der Waals surface area contributed by atoms with E-state index in [1.54, 1.807) is 6.92 Å². The zero-order valence-corrected chi connectivity index (χ0v) is 9.75. The van der Waals surface area contributed by atoms with Gasteiger partial charge in [0.05, 0.1) is 6.61 Å². The van der Waals surface area contributed by atoms with Gasteiger partial charge in [0.2, 0.25) is 5.91 Å². The molecule has 0 aromatic rings. The Morgan fingerprint density at radius 1 is 1.47 bits per heavy atom. The van der Waals surface area contributed by atoms with E-state index in [0.717, 1.165) is 6.42 Å². The minimum atomic E-state index is -0.475. The number of carbonyl (C=O) groups excluding carboxylic acids is 3. The molecule has 1 saturated heterocycles. The molecular formula is C10H17N3O4. The molecule has 7 heteroatoms. The average molecular weight is 243 g/mol. The third-order valence-electron chi connectivity index (χ3n) is 2.29. The van der Waals surface area contributed by atoms with E-state index in [1.165, 1.54) is 0 Å². The van der Waals surface area contributed by atoms with Crippen LogP contribution in [0.2, 0.25) is 0 Å². The number of rotatable bonds is 5. The van der Waals surface area contributed by atoms with Gasteiger partial charge in [-0.1, -0.05) is 0 Å². The summed E-state index contributed by atoms with van der Waals surface area (Å²) in [5.74, 6) is -0.472. The second-order valence-corrected chi connectivity index (χ2v) is 3.67. The minimum Gasteiger partial charge on any atom is -0.465 e. The molecule has 0 aromatic carbocycles. The summed E-state index contributed by atoms with van der Waals surface area (Å²) in [7, 11) is 0. The highest BCUT2D eigenvalue weighted by molar-refractivity contribution is 5.81. The van der Waals surface area contributed by atoms with E-state index in [9.17, 15) is 14.4 Å². The number of hydrogen-bond acceptors (Lipinski definition) is 4. The molecule has 1 unspecified atom stereocenters. The lowest BCUT2D eigenvalue weighted by molar-refractivity contribution is -0.141. The predicted octanol–water partition coefficient (Wildman–Crippen LogP) is -0.873. The first-order valence-corrected chi connectivity index (χ1v) is 5.58. The van der Waals surface area contributed by atoms with E-state index in [4.69, 9.17) is 0 Å². The minimum absolute atomic E-state index is 0.00346. The number of amides is 3. The van der Waals surface area contributed by atoms with Crippen LogP contribution in [0.15, 0.2) is 0 Å². The van der Waals surface area contributed by atoms with Gasteiger partial charge in [0.1, 0.15) is 6.54 Å². The highest BCUT2D eigenvalue weighted by atomic mass is 16.5. The summed E-state index contributed by atoms with van der Waals surface area (Å²) >= 11 is 0. The Labute approximate surface area is 99.3 Å². The largest absolute Gasteiger partial charge is 0.465 e. The van der Waals surface area contributed by atoms with Crippen molar-refractivity contribution in [3.63, 3.8) is 0 Å². The topological polar surface area (TPSA) is 96.5 Å². The second-order valence-electron chi connectivity index (χ2n) is 3.67. The number of nitrogens with one attached hydrogen (secondary N) is 3. The van der Waals surface area contributed by atoms with Crippen LogP contribution in [-0.2, 0) is 14.3 Å². The van der Waals surface area contributed by atoms with E-state index in [-0.39, 0.29) is 25.1 Å². The van der Waals surface area contributed by atoms with Crippen molar-refractivity contribution in [2.45, 2.75) is 25.8 Å². The zero-order chi connectivity index (χ0) is 12.7. The molecule has 3 N–H and O–H groups in total. The zero-order valence-electron chi connectivity index (χ0n) is 9.75. The van der Waals surface area contributed by atoms with Crippen molar-refractivity contribution in [1.82, 2.24) is 16.0 Å². The van der Waals surface area contributed by atoms with Gasteiger partial charge in [-0.15, -0.1) is 0 Å². The Morgan fingerprint density at radius 3 is 2.82 bits per heavy atom. The van der Waals surface area contributed by atoms with Crippen LogP contribution < -0.4 is 16.0 Å². The van der Waals surface area contributed by atoms with Gasteiger partial charge in [-0.05, 0) is 13.3 Å². The SMILES string of the molecule is CCOC(=O)CNC(=O)NCC1CCC(=O)N1. The monoisotopic (exact) mass is 243 g/mol. The molecule has 1 fully saturated rings. The van der Waals surface area contributed by atoms with Gasteiger partial charge in [0.15, 0.2) is 0 Å². The molecule has 3 amide bonds. The van der Waals surface area contributed by atoms with Crippen LogP contribution in [0.5, 0.6) is 0 Å². The standard InChI is InChI=1S/C10H17N3O4/c1-2-17-9(15)6-12-10(16)11-5-7-3-4-8(14)13-7/h7H,2-6H2,1H3,(H,13,14)(H2,11,12,16). The normalized spacial score (nSPS) is 18.4. The number of urea groups is 1. The van der Waals surface area contributed by atoms with Crippen LogP contribution in [0.4, 0.5) is 4.79 Å². The molecule has 0 radical (unpaired) electrons. The third-order valence-corrected chi connectivity index (χ3v) is 2.29. The van der Waals surface area contributed by atoms with Crippen molar-refractivity contribution in [3.05, 3.63) is 0 Å². The first kappa shape index (κ1) is 13.3. The number of hydrogen-bond donors (Lipinski definition) is 3. The van der Waals surface area contributed by atoms with Crippen molar-refractivity contribution in [2.75, 3.05) is 19.7 Å². The van der Waals surface area contributed by atoms with E-state index < -0.39 is 12.0 Å². The van der Waals surface area contributed by atoms with Gasteiger partial charge in [0.25, 0.3) is 0 Å². The van der Waals surface area contributed by atoms with Crippen LogP contribution in [-0.4, -0.2) is 43.6 Å². The van der Waals surface area contributed by atoms with Crippen LogP contribution in [0, 0.1) is 0 Å². The molecule has 0 saturated carbocycles. The summed E-state index contributed by atoms with van der Waals surface area (Å²) in [6.45, 7) is 2.19. The number of ether oxygens (including phenoxy) is 1. The van der Waals surface area contributed by atoms with Crippen molar-refractivity contribution in [1.29, 1.82) is 0 Å². The molecule has 1 rings (SSSR count). The smallest absolute Gasteiger partial charge is 0.325 e.